The van der Waals surface area contributed by atoms with E-state index >= 15 is 0 Å². The summed E-state index contributed by atoms with van der Waals surface area (Å²) in [6, 6.07) is 3.65. The van der Waals surface area contributed by atoms with Gasteiger partial charge in [-0.25, -0.2) is 0 Å². The van der Waals surface area contributed by atoms with Gasteiger partial charge in [0.2, 0.25) is 0 Å². The quantitative estimate of drug-likeness (QED) is 0.162. The molecule has 0 fully saturated rings. The van der Waals surface area contributed by atoms with E-state index in [9.17, 15) is 0 Å². The minimum absolute atomic E-state index is 0.00615. The van der Waals surface area contributed by atoms with Crippen LogP contribution in [-0.2, 0) is 11.3 Å². The molecule has 19 heavy (non-hydrogen) atoms. The Morgan fingerprint density at radius 2 is 2.42 bits per heavy atom. The van der Waals surface area contributed by atoms with Crippen molar-refractivity contribution >= 4 is 5.84 Å². The highest BCUT2D eigenvalue weighted by atomic mass is 16.5. The molecule has 0 aromatic carbocycles. The summed E-state index contributed by atoms with van der Waals surface area (Å²) < 4.78 is 5.37. The van der Waals surface area contributed by atoms with Gasteiger partial charge in [0, 0.05) is 19.3 Å². The molecule has 0 saturated heterocycles. The lowest BCUT2D eigenvalue weighted by molar-refractivity contribution is 0.158. The van der Waals surface area contributed by atoms with Crippen molar-refractivity contribution in [3.05, 3.63) is 41.7 Å². The number of oxime groups is 1. The zero-order valence-electron chi connectivity index (χ0n) is 11.1. The van der Waals surface area contributed by atoms with E-state index in [1.165, 1.54) is 0 Å². The van der Waals surface area contributed by atoms with Gasteiger partial charge in [-0.2, -0.15) is 0 Å². The van der Waals surface area contributed by atoms with E-state index in [-0.39, 0.29) is 5.84 Å². The predicted molar refractivity (Wildman–Crippen MR) is 74.1 cm³/mol. The molecule has 6 nitrogen and oxygen atoms in total. The molecule has 1 aromatic rings. The van der Waals surface area contributed by atoms with Crippen molar-refractivity contribution in [1.29, 1.82) is 0 Å². The molecule has 0 spiro atoms. The number of rotatable bonds is 8. The van der Waals surface area contributed by atoms with E-state index in [1.54, 1.807) is 12.3 Å². The molecule has 0 saturated carbocycles. The van der Waals surface area contributed by atoms with Crippen molar-refractivity contribution in [2.24, 2.45) is 10.9 Å². The molecule has 1 aromatic heterocycles. The lowest BCUT2D eigenvalue weighted by atomic mass is 10.2. The van der Waals surface area contributed by atoms with Gasteiger partial charge in [-0.3, -0.25) is 4.98 Å². The summed E-state index contributed by atoms with van der Waals surface area (Å²) in [5, 5.41) is 14.7. The first-order valence-electron chi connectivity index (χ1n) is 5.99. The summed E-state index contributed by atoms with van der Waals surface area (Å²) >= 11 is 0. The van der Waals surface area contributed by atoms with Gasteiger partial charge in [0.1, 0.15) is 5.69 Å². The fraction of sp³-hybridized carbons (Fsp3) is 0.385. The van der Waals surface area contributed by atoms with E-state index in [4.69, 9.17) is 15.7 Å². The van der Waals surface area contributed by atoms with Crippen molar-refractivity contribution < 1.29 is 9.94 Å². The summed E-state index contributed by atoms with van der Waals surface area (Å²) in [6.45, 7) is 8.32. The van der Waals surface area contributed by atoms with Gasteiger partial charge in [0.05, 0.1) is 13.2 Å². The number of amidine groups is 1. The first kappa shape index (κ1) is 15.1. The van der Waals surface area contributed by atoms with Crippen LogP contribution in [-0.4, -0.2) is 35.8 Å². The second kappa shape index (κ2) is 8.23. The summed E-state index contributed by atoms with van der Waals surface area (Å²) in [6.07, 6.45) is 1.63. The monoisotopic (exact) mass is 264 g/mol. The molecule has 0 bridgehead atoms. The normalized spacial score (nSPS) is 11.5. The topological polar surface area (TPSA) is 92.8 Å². The van der Waals surface area contributed by atoms with Gasteiger partial charge in [-0.15, -0.1) is 0 Å². The van der Waals surface area contributed by atoms with Gasteiger partial charge < -0.3 is 21.0 Å². The van der Waals surface area contributed by atoms with Crippen molar-refractivity contribution in [3.8, 4) is 0 Å². The van der Waals surface area contributed by atoms with Crippen LogP contribution >= 0.6 is 0 Å². The molecule has 0 unspecified atom stereocenters. The molecule has 0 aliphatic rings. The van der Waals surface area contributed by atoms with E-state index < -0.39 is 0 Å². The highest BCUT2D eigenvalue weighted by Crippen LogP contribution is 2.01. The van der Waals surface area contributed by atoms with Gasteiger partial charge >= 0.3 is 0 Å². The number of hydrogen-bond acceptors (Lipinski definition) is 5. The molecule has 0 amide bonds. The number of aromatic nitrogens is 1. The highest BCUT2D eigenvalue weighted by Gasteiger charge is 2.01. The number of hydrogen-bond donors (Lipinski definition) is 3. The molecule has 6 heteroatoms. The Bertz CT molecular complexity index is 446. The molecule has 0 atom stereocenters. The predicted octanol–water partition coefficient (Wildman–Crippen LogP) is 0.858. The maximum absolute atomic E-state index is 8.58. The fourth-order valence-corrected chi connectivity index (χ4v) is 1.40. The Kier molecular flexibility index (Phi) is 6.56. The third-order valence-corrected chi connectivity index (χ3v) is 2.30. The summed E-state index contributed by atoms with van der Waals surface area (Å²) in [5.41, 5.74) is 7.96. The largest absolute Gasteiger partial charge is 0.409 e. The van der Waals surface area contributed by atoms with E-state index in [0.29, 0.717) is 25.5 Å². The average molecular weight is 264 g/mol. The number of nitrogens with zero attached hydrogens (tertiary/aromatic N) is 2. The Morgan fingerprint density at radius 3 is 3.11 bits per heavy atom. The zero-order chi connectivity index (χ0) is 14.1. The molecule has 0 radical (unpaired) electrons. The number of nitrogens with one attached hydrogen (secondary N) is 1. The SMILES string of the molecule is C=C(C)COCCNCc1ccnc(/C(N)=N/O)c1. The van der Waals surface area contributed by atoms with Crippen LogP contribution in [0.1, 0.15) is 18.2 Å². The summed E-state index contributed by atoms with van der Waals surface area (Å²) in [4.78, 5) is 4.01. The summed E-state index contributed by atoms with van der Waals surface area (Å²) in [5.74, 6) is 0.00615. The van der Waals surface area contributed by atoms with Crippen LogP contribution in [0, 0.1) is 0 Å². The van der Waals surface area contributed by atoms with Gasteiger partial charge in [0.25, 0.3) is 0 Å². The number of ether oxygens (including phenoxy) is 1. The smallest absolute Gasteiger partial charge is 0.188 e. The van der Waals surface area contributed by atoms with Crippen LogP contribution in [0.15, 0.2) is 35.6 Å². The molecule has 104 valence electrons. The average Bonchev–Trinajstić information content (AvgIpc) is 2.41. The minimum Gasteiger partial charge on any atom is -0.409 e. The van der Waals surface area contributed by atoms with Crippen LogP contribution in [0.25, 0.3) is 0 Å². The first-order valence-corrected chi connectivity index (χ1v) is 5.99. The minimum atomic E-state index is 0.00615. The lowest BCUT2D eigenvalue weighted by Crippen LogP contribution is -2.20. The first-order chi connectivity index (χ1) is 9.13. The van der Waals surface area contributed by atoms with Crippen molar-refractivity contribution in [3.63, 3.8) is 0 Å². The highest BCUT2D eigenvalue weighted by molar-refractivity contribution is 5.95. The summed E-state index contributed by atoms with van der Waals surface area (Å²) in [7, 11) is 0. The van der Waals surface area contributed by atoms with Crippen molar-refractivity contribution in [1.82, 2.24) is 10.3 Å². The fourth-order valence-electron chi connectivity index (χ4n) is 1.40. The second-order valence-electron chi connectivity index (χ2n) is 4.22. The van der Waals surface area contributed by atoms with Crippen molar-refractivity contribution in [2.45, 2.75) is 13.5 Å². The maximum atomic E-state index is 8.58. The van der Waals surface area contributed by atoms with Crippen LogP contribution in [0.4, 0.5) is 0 Å². The third-order valence-electron chi connectivity index (χ3n) is 2.30. The molecular weight excluding hydrogens is 244 g/mol. The second-order valence-corrected chi connectivity index (χ2v) is 4.22. The van der Waals surface area contributed by atoms with Crippen LogP contribution in [0.2, 0.25) is 0 Å². The van der Waals surface area contributed by atoms with E-state index in [0.717, 1.165) is 17.7 Å². The van der Waals surface area contributed by atoms with Crippen LogP contribution < -0.4 is 11.1 Å². The zero-order valence-corrected chi connectivity index (χ0v) is 11.1. The maximum Gasteiger partial charge on any atom is 0.188 e. The Balaban J connectivity index is 2.31. The van der Waals surface area contributed by atoms with Crippen LogP contribution in [0.5, 0.6) is 0 Å². The number of pyridine rings is 1. The van der Waals surface area contributed by atoms with E-state index in [2.05, 4.69) is 22.0 Å². The Hall–Kier alpha value is -1.92. The standard InChI is InChI=1S/C13H20N4O2/c1-10(2)9-19-6-5-15-8-11-3-4-16-12(7-11)13(14)17-18/h3-4,7,15,18H,1,5-6,8-9H2,2H3,(H2,14,17). The van der Waals surface area contributed by atoms with Crippen molar-refractivity contribution in [2.75, 3.05) is 19.8 Å². The molecule has 0 aliphatic heterocycles. The Morgan fingerprint density at radius 1 is 1.63 bits per heavy atom. The lowest BCUT2D eigenvalue weighted by Gasteiger charge is -2.07. The third kappa shape index (κ3) is 5.98. The van der Waals surface area contributed by atoms with Crippen LogP contribution in [0.3, 0.4) is 0 Å². The molecule has 0 aliphatic carbocycles. The number of nitrogens with two attached hydrogens (primary N) is 1. The molecular formula is C13H20N4O2. The van der Waals surface area contributed by atoms with Gasteiger partial charge in [-0.05, 0) is 24.6 Å². The Labute approximate surface area is 113 Å². The molecule has 1 rings (SSSR count). The molecule has 4 N–H and O–H groups in total. The van der Waals surface area contributed by atoms with Gasteiger partial charge in [-0.1, -0.05) is 17.3 Å². The molecule has 1 heterocycles. The van der Waals surface area contributed by atoms with E-state index in [1.807, 2.05) is 13.0 Å². The van der Waals surface area contributed by atoms with Gasteiger partial charge in [0.15, 0.2) is 5.84 Å².